The molecule has 0 unspecified atom stereocenters. The molecule has 0 fully saturated rings. The number of rotatable bonds is 12. The van der Waals surface area contributed by atoms with Crippen LogP contribution in [0.25, 0.3) is 0 Å². The van der Waals surface area contributed by atoms with Gasteiger partial charge in [-0.15, -0.1) is 0 Å². The van der Waals surface area contributed by atoms with E-state index < -0.39 is 0 Å². The van der Waals surface area contributed by atoms with Crippen LogP contribution in [0.15, 0.2) is 36.4 Å². The van der Waals surface area contributed by atoms with E-state index in [1.165, 1.54) is 0 Å². The van der Waals surface area contributed by atoms with Gasteiger partial charge >= 0.3 is 0 Å². The minimum atomic E-state index is 0.308. The number of hydrogen-bond acceptors (Lipinski definition) is 6. The summed E-state index contributed by atoms with van der Waals surface area (Å²) in [4.78, 5) is 0. The zero-order valence-corrected chi connectivity index (χ0v) is 16.1. The van der Waals surface area contributed by atoms with E-state index in [9.17, 15) is 10.2 Å². The quantitative estimate of drug-likeness (QED) is 0.314. The lowest BCUT2D eigenvalue weighted by molar-refractivity contribution is 0.462. The molecule has 0 aromatic heterocycles. The van der Waals surface area contributed by atoms with Crippen LogP contribution in [0, 0.1) is 0 Å². The van der Waals surface area contributed by atoms with Crippen molar-refractivity contribution in [2.75, 3.05) is 33.2 Å². The first kappa shape index (κ1) is 21.2. The molecule has 0 aliphatic carbocycles. The summed E-state index contributed by atoms with van der Waals surface area (Å²) in [6, 6.07) is 11.7. The average Bonchev–Trinajstić information content (AvgIpc) is 2.66. The van der Waals surface area contributed by atoms with Crippen molar-refractivity contribution in [3.05, 3.63) is 58.7 Å². The molecule has 7 N–H and O–H groups in total. The van der Waals surface area contributed by atoms with Gasteiger partial charge in [-0.1, -0.05) is 24.3 Å². The maximum atomic E-state index is 10.2. The SMILES string of the molecule is CNCCNCc1ccc(CCc2ccc(CNCCN)c(O)c2)cc1O. The molecule has 0 radical (unpaired) electrons. The summed E-state index contributed by atoms with van der Waals surface area (Å²) in [6.45, 7) is 4.33. The number of nitrogens with one attached hydrogen (secondary N) is 3. The first-order valence-corrected chi connectivity index (χ1v) is 9.51. The third kappa shape index (κ3) is 7.19. The van der Waals surface area contributed by atoms with Crippen LogP contribution in [0.2, 0.25) is 0 Å². The van der Waals surface area contributed by atoms with Gasteiger partial charge in [0.25, 0.3) is 0 Å². The largest absolute Gasteiger partial charge is 0.508 e. The van der Waals surface area contributed by atoms with Gasteiger partial charge in [-0.05, 0) is 43.1 Å². The van der Waals surface area contributed by atoms with E-state index in [1.807, 2.05) is 37.4 Å². The van der Waals surface area contributed by atoms with Crippen molar-refractivity contribution in [1.29, 1.82) is 0 Å². The first-order chi connectivity index (χ1) is 13.1. The Labute approximate surface area is 161 Å². The average molecular weight is 373 g/mol. The third-order valence-corrected chi connectivity index (χ3v) is 4.51. The van der Waals surface area contributed by atoms with Gasteiger partial charge in [0.1, 0.15) is 11.5 Å². The highest BCUT2D eigenvalue weighted by molar-refractivity contribution is 5.39. The fourth-order valence-electron chi connectivity index (χ4n) is 2.88. The van der Waals surface area contributed by atoms with Gasteiger partial charge in [0.05, 0.1) is 0 Å². The first-order valence-electron chi connectivity index (χ1n) is 9.51. The zero-order valence-electron chi connectivity index (χ0n) is 16.1. The van der Waals surface area contributed by atoms with Gasteiger partial charge < -0.3 is 31.9 Å². The summed E-state index contributed by atoms with van der Waals surface area (Å²) in [7, 11) is 1.92. The molecule has 0 saturated heterocycles. The second kappa shape index (κ2) is 11.6. The summed E-state index contributed by atoms with van der Waals surface area (Å²) in [5.74, 6) is 0.636. The van der Waals surface area contributed by atoms with Gasteiger partial charge in [-0.3, -0.25) is 0 Å². The molecule has 0 aliphatic heterocycles. The van der Waals surface area contributed by atoms with E-state index >= 15 is 0 Å². The lowest BCUT2D eigenvalue weighted by Crippen LogP contribution is -2.24. The van der Waals surface area contributed by atoms with Crippen molar-refractivity contribution in [2.24, 2.45) is 5.73 Å². The molecule has 6 nitrogen and oxygen atoms in total. The summed E-state index contributed by atoms with van der Waals surface area (Å²) in [5.41, 5.74) is 9.40. The molecule has 2 rings (SSSR count). The number of likely N-dealkylation sites (N-methyl/N-ethyl adjacent to an activating group) is 1. The van der Waals surface area contributed by atoms with Crippen LogP contribution in [0.4, 0.5) is 0 Å². The lowest BCUT2D eigenvalue weighted by Gasteiger charge is -2.10. The topological polar surface area (TPSA) is 103 Å². The van der Waals surface area contributed by atoms with Crippen molar-refractivity contribution in [2.45, 2.75) is 25.9 Å². The van der Waals surface area contributed by atoms with Gasteiger partial charge in [0.15, 0.2) is 0 Å². The number of hydrogen-bond donors (Lipinski definition) is 6. The molecular formula is C21H32N4O2. The third-order valence-electron chi connectivity index (χ3n) is 4.51. The predicted molar refractivity (Wildman–Crippen MR) is 110 cm³/mol. The lowest BCUT2D eigenvalue weighted by atomic mass is 10.0. The maximum Gasteiger partial charge on any atom is 0.120 e. The van der Waals surface area contributed by atoms with Crippen molar-refractivity contribution in [3.63, 3.8) is 0 Å². The highest BCUT2D eigenvalue weighted by atomic mass is 16.3. The molecule has 2 aromatic rings. The molecule has 148 valence electrons. The molecular weight excluding hydrogens is 340 g/mol. The molecule has 0 amide bonds. The monoisotopic (exact) mass is 372 g/mol. The highest BCUT2D eigenvalue weighted by Crippen LogP contribution is 2.22. The van der Waals surface area contributed by atoms with Crippen molar-refractivity contribution >= 4 is 0 Å². The van der Waals surface area contributed by atoms with Crippen molar-refractivity contribution in [3.8, 4) is 11.5 Å². The maximum absolute atomic E-state index is 10.2. The number of benzene rings is 2. The normalized spacial score (nSPS) is 11.0. The van der Waals surface area contributed by atoms with Crippen molar-refractivity contribution in [1.82, 2.24) is 16.0 Å². The highest BCUT2D eigenvalue weighted by Gasteiger charge is 2.06. The van der Waals surface area contributed by atoms with E-state index in [2.05, 4.69) is 22.0 Å². The summed E-state index contributed by atoms with van der Waals surface area (Å²) in [5, 5.41) is 29.9. The van der Waals surface area contributed by atoms with Crippen LogP contribution in [0.1, 0.15) is 22.3 Å². The summed E-state index contributed by atoms with van der Waals surface area (Å²) in [6.07, 6.45) is 1.62. The standard InChI is InChI=1S/C21H32N4O2/c1-23-10-11-25-15-19-7-5-17(13-21(19)27)3-2-16-4-6-18(20(26)12-16)14-24-9-8-22/h4-7,12-13,23-27H,2-3,8-11,14-15,22H2,1H3. The Morgan fingerprint density at radius 2 is 1.30 bits per heavy atom. The van der Waals surface area contributed by atoms with Gasteiger partial charge in [0.2, 0.25) is 0 Å². The van der Waals surface area contributed by atoms with Crippen LogP contribution in [-0.2, 0) is 25.9 Å². The molecule has 0 spiro atoms. The number of phenolic OH excluding ortho intramolecular Hbond substituents is 2. The van der Waals surface area contributed by atoms with E-state index in [0.29, 0.717) is 31.1 Å². The Kier molecular flexibility index (Phi) is 9.07. The molecule has 27 heavy (non-hydrogen) atoms. The van der Waals surface area contributed by atoms with Gasteiger partial charge in [0, 0.05) is 50.4 Å². The fourth-order valence-corrected chi connectivity index (χ4v) is 2.88. The summed E-state index contributed by atoms with van der Waals surface area (Å²) < 4.78 is 0. The van der Waals surface area contributed by atoms with Crippen LogP contribution in [-0.4, -0.2) is 43.4 Å². The molecule has 6 heteroatoms. The number of aryl methyl sites for hydroxylation is 2. The van der Waals surface area contributed by atoms with Gasteiger partial charge in [-0.2, -0.15) is 0 Å². The molecule has 0 aliphatic rings. The number of aromatic hydroxyl groups is 2. The molecule has 0 atom stereocenters. The molecule has 0 saturated carbocycles. The Hall–Kier alpha value is -2.12. The summed E-state index contributed by atoms with van der Waals surface area (Å²) >= 11 is 0. The van der Waals surface area contributed by atoms with Gasteiger partial charge in [-0.25, -0.2) is 0 Å². The Morgan fingerprint density at radius 1 is 0.778 bits per heavy atom. The smallest absolute Gasteiger partial charge is 0.120 e. The van der Waals surface area contributed by atoms with Crippen molar-refractivity contribution < 1.29 is 10.2 Å². The number of nitrogens with two attached hydrogens (primary N) is 1. The van der Waals surface area contributed by atoms with Crippen LogP contribution < -0.4 is 21.7 Å². The Morgan fingerprint density at radius 3 is 1.74 bits per heavy atom. The predicted octanol–water partition coefficient (Wildman–Crippen LogP) is 1.24. The minimum absolute atomic E-state index is 0.308. The number of phenols is 2. The van der Waals surface area contributed by atoms with E-state index in [0.717, 1.165) is 54.7 Å². The minimum Gasteiger partial charge on any atom is -0.508 e. The van der Waals surface area contributed by atoms with Crippen LogP contribution in [0.3, 0.4) is 0 Å². The second-order valence-corrected chi connectivity index (χ2v) is 6.67. The Bertz CT molecular complexity index is 707. The second-order valence-electron chi connectivity index (χ2n) is 6.67. The van der Waals surface area contributed by atoms with Crippen LogP contribution >= 0.6 is 0 Å². The van der Waals surface area contributed by atoms with E-state index in [4.69, 9.17) is 5.73 Å². The zero-order chi connectivity index (χ0) is 19.5. The van der Waals surface area contributed by atoms with Crippen LogP contribution in [0.5, 0.6) is 11.5 Å². The molecule has 2 aromatic carbocycles. The van der Waals surface area contributed by atoms with E-state index in [-0.39, 0.29) is 0 Å². The molecule has 0 bridgehead atoms. The fraction of sp³-hybridized carbons (Fsp3) is 0.429. The Balaban J connectivity index is 1.87. The van der Waals surface area contributed by atoms with E-state index in [1.54, 1.807) is 0 Å². The molecule has 0 heterocycles.